The molecule has 4 rings (SSSR count). The van der Waals surface area contributed by atoms with Crippen LogP contribution in [0, 0.1) is 0 Å². The molecule has 3 heterocycles. The van der Waals surface area contributed by atoms with Crippen molar-refractivity contribution in [3.8, 4) is 10.6 Å². The number of aromatic nitrogens is 1. The summed E-state index contributed by atoms with van der Waals surface area (Å²) in [6.45, 7) is 0. The fourth-order valence-electron chi connectivity index (χ4n) is 2.34. The number of hydrogen-bond acceptors (Lipinski definition) is 5. The number of carbonyl (C=O) groups excluding carboxylic acids is 1. The monoisotopic (exact) mass is 390 g/mol. The minimum atomic E-state index is -0.0432. The molecule has 0 spiro atoms. The molecule has 120 valence electrons. The Balaban J connectivity index is 1.57. The molecular formula is C17H11ClN2OS3. The molecule has 24 heavy (non-hydrogen) atoms. The maximum Gasteiger partial charge on any atom is 0.230 e. The van der Waals surface area contributed by atoms with Crippen molar-refractivity contribution in [3.05, 3.63) is 57.1 Å². The van der Waals surface area contributed by atoms with Gasteiger partial charge in [-0.2, -0.15) is 0 Å². The highest BCUT2D eigenvalue weighted by molar-refractivity contribution is 7.22. The molecule has 0 saturated heterocycles. The lowest BCUT2D eigenvalue weighted by Crippen LogP contribution is -2.13. The Bertz CT molecular complexity index is 985. The summed E-state index contributed by atoms with van der Waals surface area (Å²) in [5.41, 5.74) is 1.95. The van der Waals surface area contributed by atoms with Gasteiger partial charge in [-0.05, 0) is 35.7 Å². The maximum atomic E-state index is 12.3. The van der Waals surface area contributed by atoms with E-state index in [0.29, 0.717) is 10.8 Å². The van der Waals surface area contributed by atoms with Gasteiger partial charge in [0.2, 0.25) is 5.91 Å². The molecule has 0 radical (unpaired) electrons. The van der Waals surface area contributed by atoms with E-state index in [1.807, 2.05) is 41.8 Å². The van der Waals surface area contributed by atoms with E-state index in [9.17, 15) is 4.79 Å². The first-order valence-electron chi connectivity index (χ1n) is 7.16. The van der Waals surface area contributed by atoms with E-state index in [-0.39, 0.29) is 5.91 Å². The van der Waals surface area contributed by atoms with Gasteiger partial charge in [-0.3, -0.25) is 4.79 Å². The van der Waals surface area contributed by atoms with Gasteiger partial charge in [0.25, 0.3) is 0 Å². The number of thiophene rings is 2. The van der Waals surface area contributed by atoms with Crippen LogP contribution in [0.4, 0.5) is 5.00 Å². The molecule has 0 atom stereocenters. The van der Waals surface area contributed by atoms with Crippen molar-refractivity contribution in [1.29, 1.82) is 0 Å². The molecule has 0 aliphatic carbocycles. The fourth-order valence-corrected chi connectivity index (χ4v) is 5.29. The Morgan fingerprint density at radius 3 is 2.79 bits per heavy atom. The Morgan fingerprint density at radius 1 is 1.12 bits per heavy atom. The van der Waals surface area contributed by atoms with Gasteiger partial charge in [0.1, 0.15) is 10.0 Å². The molecule has 0 aliphatic rings. The summed E-state index contributed by atoms with van der Waals surface area (Å²) < 4.78 is 1.84. The van der Waals surface area contributed by atoms with Crippen LogP contribution < -0.4 is 5.32 Å². The molecule has 4 aromatic rings. The van der Waals surface area contributed by atoms with Gasteiger partial charge in [-0.15, -0.1) is 34.0 Å². The third kappa shape index (κ3) is 3.23. The lowest BCUT2D eigenvalue weighted by atomic mass is 10.3. The van der Waals surface area contributed by atoms with Crippen LogP contribution >= 0.6 is 45.6 Å². The summed E-state index contributed by atoms with van der Waals surface area (Å²) in [6.07, 6.45) is 0.328. The van der Waals surface area contributed by atoms with Crippen LogP contribution in [0.25, 0.3) is 20.8 Å². The number of carbonyl (C=O) groups is 1. The predicted molar refractivity (Wildman–Crippen MR) is 105 cm³/mol. The van der Waals surface area contributed by atoms with Crippen molar-refractivity contribution >= 4 is 66.7 Å². The van der Waals surface area contributed by atoms with Crippen LogP contribution in [0.5, 0.6) is 0 Å². The first-order valence-corrected chi connectivity index (χ1v) is 10.1. The molecule has 0 saturated carbocycles. The van der Waals surface area contributed by atoms with Crippen LogP contribution in [0.15, 0.2) is 47.8 Å². The minimum absolute atomic E-state index is 0.0432. The summed E-state index contributed by atoms with van der Waals surface area (Å²) in [5.74, 6) is -0.0432. The third-order valence-electron chi connectivity index (χ3n) is 3.41. The molecule has 3 aromatic heterocycles. The van der Waals surface area contributed by atoms with Crippen LogP contribution in [-0.2, 0) is 11.2 Å². The second-order valence-corrected chi connectivity index (χ2v) is 8.83. The predicted octanol–water partition coefficient (Wildman–Crippen LogP) is 5.92. The van der Waals surface area contributed by atoms with E-state index in [1.165, 1.54) is 22.7 Å². The quantitative estimate of drug-likeness (QED) is 0.469. The second kappa shape index (κ2) is 6.64. The van der Waals surface area contributed by atoms with E-state index >= 15 is 0 Å². The molecule has 0 unspecified atom stereocenters. The highest BCUT2D eigenvalue weighted by atomic mass is 35.5. The number of nitrogens with zero attached hydrogens (tertiary/aromatic N) is 1. The average molecular weight is 391 g/mol. The summed E-state index contributed by atoms with van der Waals surface area (Å²) in [4.78, 5) is 17.9. The molecule has 3 nitrogen and oxygen atoms in total. The highest BCUT2D eigenvalue weighted by Crippen LogP contribution is 2.37. The van der Waals surface area contributed by atoms with E-state index in [0.717, 1.165) is 30.7 Å². The van der Waals surface area contributed by atoms with E-state index < -0.39 is 0 Å². The second-order valence-electron chi connectivity index (χ2n) is 5.08. The maximum absolute atomic E-state index is 12.3. The number of halogens is 1. The summed E-state index contributed by atoms with van der Waals surface area (Å²) >= 11 is 10.5. The molecule has 1 aromatic carbocycles. The van der Waals surface area contributed by atoms with Gasteiger partial charge in [0.05, 0.1) is 21.0 Å². The number of fused-ring (bicyclic) bond motifs is 1. The Kier molecular flexibility index (Phi) is 4.37. The Labute approximate surface area is 155 Å². The Morgan fingerprint density at radius 2 is 2.00 bits per heavy atom. The van der Waals surface area contributed by atoms with Crippen molar-refractivity contribution in [1.82, 2.24) is 4.98 Å². The van der Waals surface area contributed by atoms with Gasteiger partial charge in [0, 0.05) is 10.4 Å². The first kappa shape index (κ1) is 15.8. The van der Waals surface area contributed by atoms with Crippen molar-refractivity contribution < 1.29 is 4.79 Å². The lowest BCUT2D eigenvalue weighted by molar-refractivity contribution is -0.115. The van der Waals surface area contributed by atoms with Gasteiger partial charge in [-0.1, -0.05) is 23.7 Å². The topological polar surface area (TPSA) is 42.0 Å². The lowest BCUT2D eigenvalue weighted by Gasteiger charge is -2.03. The van der Waals surface area contributed by atoms with Crippen LogP contribution in [0.3, 0.4) is 0 Å². The molecule has 0 fully saturated rings. The normalized spacial score (nSPS) is 11.0. The van der Waals surface area contributed by atoms with Gasteiger partial charge >= 0.3 is 0 Å². The number of benzene rings is 1. The van der Waals surface area contributed by atoms with Crippen molar-refractivity contribution in [3.63, 3.8) is 0 Å². The number of amides is 1. The minimum Gasteiger partial charge on any atom is -0.317 e. The molecule has 1 amide bonds. The first-order chi connectivity index (χ1) is 11.7. The van der Waals surface area contributed by atoms with Crippen LogP contribution in [0.1, 0.15) is 4.88 Å². The number of rotatable bonds is 4. The molecule has 7 heteroatoms. The van der Waals surface area contributed by atoms with E-state index in [2.05, 4.69) is 16.4 Å². The molecule has 0 bridgehead atoms. The van der Waals surface area contributed by atoms with Gasteiger partial charge in [-0.25, -0.2) is 4.98 Å². The highest BCUT2D eigenvalue weighted by Gasteiger charge is 2.14. The third-order valence-corrected chi connectivity index (χ3v) is 6.54. The summed E-state index contributed by atoms with van der Waals surface area (Å²) in [7, 11) is 0. The number of hydrogen-bond donors (Lipinski definition) is 1. The zero-order valence-electron chi connectivity index (χ0n) is 12.3. The van der Waals surface area contributed by atoms with Crippen molar-refractivity contribution in [2.75, 3.05) is 5.32 Å². The number of thiazole rings is 1. The SMILES string of the molecule is O=C(Cc1ccc(Cl)s1)Nc1sccc1-c1nc2ccccc2s1. The average Bonchev–Trinajstić information content (AvgIpc) is 3.26. The number of nitrogens with one attached hydrogen (secondary N) is 1. The standard InChI is InChI=1S/C17H11ClN2OS3/c18-14-6-5-10(23-14)9-15(21)20-16-11(7-8-22-16)17-19-12-3-1-2-4-13(12)24-17/h1-8H,9H2,(H,20,21). The van der Waals surface area contributed by atoms with Crippen LogP contribution in [0.2, 0.25) is 4.34 Å². The van der Waals surface area contributed by atoms with Crippen LogP contribution in [-0.4, -0.2) is 10.9 Å². The number of anilines is 1. The van der Waals surface area contributed by atoms with Crippen molar-refractivity contribution in [2.24, 2.45) is 0 Å². The molecule has 0 aliphatic heterocycles. The van der Waals surface area contributed by atoms with E-state index in [1.54, 1.807) is 11.3 Å². The van der Waals surface area contributed by atoms with Crippen molar-refractivity contribution in [2.45, 2.75) is 6.42 Å². The van der Waals surface area contributed by atoms with E-state index in [4.69, 9.17) is 11.6 Å². The van der Waals surface area contributed by atoms with Gasteiger partial charge in [0.15, 0.2) is 0 Å². The fraction of sp³-hybridized carbons (Fsp3) is 0.0588. The zero-order valence-corrected chi connectivity index (χ0v) is 15.5. The summed E-state index contributed by atoms with van der Waals surface area (Å²) in [6, 6.07) is 13.7. The molecular weight excluding hydrogens is 380 g/mol. The zero-order chi connectivity index (χ0) is 16.5. The largest absolute Gasteiger partial charge is 0.317 e. The Hall–Kier alpha value is -1.73. The number of para-hydroxylation sites is 1. The smallest absolute Gasteiger partial charge is 0.230 e. The van der Waals surface area contributed by atoms with Gasteiger partial charge < -0.3 is 5.32 Å². The molecule has 1 N–H and O–H groups in total. The summed E-state index contributed by atoms with van der Waals surface area (Å²) in [5, 5.41) is 6.73.